The molecule has 0 atom stereocenters. The number of unbranched alkanes of at least 4 members (excludes halogenated alkanes) is 6. The summed E-state index contributed by atoms with van der Waals surface area (Å²) in [4.78, 5) is 37.1. The number of nitroso groups, excluding NO2 is 2. The maximum Gasteiger partial charge on any atom is 0.433 e. The average Bonchev–Trinajstić information content (AvgIpc) is 3.31. The number of pyridine rings is 2. The van der Waals surface area contributed by atoms with Crippen molar-refractivity contribution in [3.8, 4) is 0 Å². The van der Waals surface area contributed by atoms with Crippen LogP contribution in [0.4, 0.5) is 75.4 Å². The van der Waals surface area contributed by atoms with Crippen molar-refractivity contribution in [3.63, 3.8) is 0 Å². The third-order valence-electron chi connectivity index (χ3n) is 9.70. The van der Waals surface area contributed by atoms with E-state index < -0.39 is 59.8 Å². The van der Waals surface area contributed by atoms with E-state index in [4.69, 9.17) is 0 Å². The molecule has 0 fully saturated rings. The summed E-state index contributed by atoms with van der Waals surface area (Å²) in [6.07, 6.45) is -5.83. The van der Waals surface area contributed by atoms with E-state index in [1.807, 2.05) is 41.5 Å². The van der Waals surface area contributed by atoms with Gasteiger partial charge in [0, 0.05) is 126 Å². The molecule has 75 heavy (non-hydrogen) atoms. The van der Waals surface area contributed by atoms with Crippen LogP contribution in [0.5, 0.6) is 0 Å². The maximum atomic E-state index is 12.8. The molecule has 418 valence electrons. The van der Waals surface area contributed by atoms with E-state index in [-0.39, 0.29) is 38.9 Å². The molecule has 0 amide bonds. The molecule has 0 aliphatic carbocycles. The Kier molecular flexibility index (Phi) is 29.3. The van der Waals surface area contributed by atoms with Gasteiger partial charge in [0.25, 0.3) is 11.4 Å². The number of benzene rings is 2. The molecule has 0 N–H and O–H groups in total. The monoisotopic (exact) mass is 1120 g/mol. The third kappa shape index (κ3) is 28.5. The molecule has 0 saturated heterocycles. The van der Waals surface area contributed by atoms with Crippen LogP contribution >= 0.6 is 0 Å². The first-order valence-corrected chi connectivity index (χ1v) is 23.3. The second-order valence-electron chi connectivity index (χ2n) is 18.3. The van der Waals surface area contributed by atoms with Gasteiger partial charge in [-0.1, -0.05) is 76.6 Å². The van der Waals surface area contributed by atoms with Crippen molar-refractivity contribution in [3.05, 3.63) is 142 Å². The molecule has 0 aliphatic heterocycles. The Hall–Kier alpha value is -5.99. The van der Waals surface area contributed by atoms with E-state index in [9.17, 15) is 72.7 Å². The molecule has 2 heterocycles. The standard InChI is InChI=1S/2C17H19F6NO.2C9H13N2O.Ni/c2*1-2-3-4-5-6-12-7-9-13(10-8-12)24-14(16(18,19)20)11-15(25)17(21,22)23;2*1-9(2,3)11(12)8-4-6-10-7-5-8;/h2*7-11,25H,2-6H2,1H3;2*4-7H,1-3H3;/q;;2*+1;/p-2/b2*15-11-,24-14?;;;. The van der Waals surface area contributed by atoms with Gasteiger partial charge in [-0.2, -0.15) is 52.7 Å². The van der Waals surface area contributed by atoms with Gasteiger partial charge in [-0.3, -0.25) is 9.97 Å². The van der Waals surface area contributed by atoms with Crippen molar-refractivity contribution >= 4 is 34.2 Å². The van der Waals surface area contributed by atoms with Crippen LogP contribution in [0.1, 0.15) is 118 Å². The summed E-state index contributed by atoms with van der Waals surface area (Å²) in [5.41, 5.74) is -1.78. The largest absolute Gasteiger partial charge is 0.869 e. The van der Waals surface area contributed by atoms with Crippen molar-refractivity contribution in [2.75, 3.05) is 0 Å². The van der Waals surface area contributed by atoms with E-state index in [2.05, 4.69) is 33.8 Å². The van der Waals surface area contributed by atoms with Crippen molar-refractivity contribution in [2.24, 2.45) is 9.98 Å². The normalized spacial score (nSPS) is 13.0. The van der Waals surface area contributed by atoms with Crippen LogP contribution in [0.3, 0.4) is 0 Å². The van der Waals surface area contributed by atoms with Crippen molar-refractivity contribution < 1.29 is 88.9 Å². The molecular formula is C52H62F12N6NiO4. The molecule has 4 aromatic rings. The number of nitrogens with zero attached hydrogens (tertiary/aromatic N) is 6. The Morgan fingerprint density at radius 2 is 0.747 bits per heavy atom. The van der Waals surface area contributed by atoms with E-state index in [1.165, 1.54) is 24.3 Å². The predicted octanol–water partition coefficient (Wildman–Crippen LogP) is 15.1. The molecule has 23 heteroatoms. The molecule has 2 aromatic heterocycles. The fourth-order valence-corrected chi connectivity index (χ4v) is 5.76. The zero-order valence-electron chi connectivity index (χ0n) is 42.6. The van der Waals surface area contributed by atoms with Crippen molar-refractivity contribution in [2.45, 2.75) is 155 Å². The minimum Gasteiger partial charge on any atom is -0.869 e. The summed E-state index contributed by atoms with van der Waals surface area (Å²) >= 11 is 0. The second-order valence-corrected chi connectivity index (χ2v) is 18.3. The summed E-state index contributed by atoms with van der Waals surface area (Å²) in [5.74, 6) is -5.20. The Balaban J connectivity index is 0.00000102. The second kappa shape index (κ2) is 31.8. The summed E-state index contributed by atoms with van der Waals surface area (Å²) in [6.45, 7) is 15.4. The SMILES string of the molecule is CC(C)(C)[N+](=O)c1ccncc1.CC(C)(C)[N+](=O)c1ccncc1.CCCCCCc1ccc(N=C(/C=C(\[O-])C(F)(F)F)C(F)(F)F)cc1.CCCCCCc1ccc(N=C(/C=C(\[O-])C(F)(F)F)C(F)(F)F)cc1.[Ni]. The number of hydrogen-bond donors (Lipinski definition) is 0. The van der Waals surface area contributed by atoms with Crippen LogP contribution in [-0.4, -0.2) is 66.7 Å². The van der Waals surface area contributed by atoms with Crippen molar-refractivity contribution in [1.82, 2.24) is 9.97 Å². The first-order valence-electron chi connectivity index (χ1n) is 23.3. The van der Waals surface area contributed by atoms with Crippen molar-refractivity contribution in [1.29, 1.82) is 0 Å². The quantitative estimate of drug-likeness (QED) is 0.0274. The van der Waals surface area contributed by atoms with Crippen LogP contribution in [0.15, 0.2) is 131 Å². The van der Waals surface area contributed by atoms with Gasteiger partial charge in [0.1, 0.15) is 11.4 Å². The van der Waals surface area contributed by atoms with Crippen LogP contribution in [0.2, 0.25) is 0 Å². The van der Waals surface area contributed by atoms with E-state index in [0.29, 0.717) is 11.4 Å². The number of aryl methyl sites for hydroxylation is 2. The Labute approximate surface area is 439 Å². The zero-order chi connectivity index (χ0) is 56.6. The Morgan fingerprint density at radius 1 is 0.467 bits per heavy atom. The number of aliphatic imine (C=N–C) groups is 2. The number of rotatable bonds is 16. The van der Waals surface area contributed by atoms with Crippen LogP contribution in [0.25, 0.3) is 0 Å². The first-order chi connectivity index (χ1) is 34.1. The van der Waals surface area contributed by atoms with E-state index >= 15 is 0 Å². The molecule has 0 unspecified atom stereocenters. The number of aromatic nitrogens is 2. The van der Waals surface area contributed by atoms with E-state index in [1.54, 1.807) is 73.3 Å². The van der Waals surface area contributed by atoms with Crippen LogP contribution in [0, 0.1) is 9.81 Å². The van der Waals surface area contributed by atoms with Gasteiger partial charge in [0.2, 0.25) is 11.1 Å². The Bertz CT molecular complexity index is 2260. The van der Waals surface area contributed by atoms with Crippen LogP contribution in [-0.2, 0) is 29.3 Å². The minimum absolute atomic E-state index is 0. The smallest absolute Gasteiger partial charge is 0.433 e. The van der Waals surface area contributed by atoms with Gasteiger partial charge in [0.05, 0.1) is 11.4 Å². The summed E-state index contributed by atoms with van der Waals surface area (Å²) < 4.78 is 152. The number of allylic oxidation sites excluding steroid dienone is 4. The number of alkyl halides is 12. The Morgan fingerprint density at radius 3 is 0.973 bits per heavy atom. The summed E-state index contributed by atoms with van der Waals surface area (Å²) in [6, 6.07) is 18.3. The third-order valence-corrected chi connectivity index (χ3v) is 9.70. The van der Waals surface area contributed by atoms with Gasteiger partial charge < -0.3 is 10.2 Å². The molecule has 4 rings (SSSR count). The van der Waals surface area contributed by atoms with Crippen LogP contribution < -0.4 is 10.2 Å². The van der Waals surface area contributed by atoms with Gasteiger partial charge in [-0.25, -0.2) is 9.98 Å². The van der Waals surface area contributed by atoms with E-state index in [0.717, 1.165) is 84.9 Å². The number of hydrogen-bond acceptors (Lipinski definition) is 8. The molecule has 0 bridgehead atoms. The maximum absolute atomic E-state index is 12.8. The minimum atomic E-state index is -5.38. The summed E-state index contributed by atoms with van der Waals surface area (Å²) in [5, 5.41) is 21.6. The molecule has 10 nitrogen and oxygen atoms in total. The number of halogens is 12. The van der Waals surface area contributed by atoms with Gasteiger partial charge in [-0.15, -0.1) is 0 Å². The summed E-state index contributed by atoms with van der Waals surface area (Å²) in [7, 11) is 0. The van der Waals surface area contributed by atoms with Gasteiger partial charge in [0.15, 0.2) is 0 Å². The molecular weight excluding hydrogens is 1060 g/mol. The average molecular weight is 1120 g/mol. The molecule has 0 spiro atoms. The molecule has 0 saturated carbocycles. The predicted molar refractivity (Wildman–Crippen MR) is 258 cm³/mol. The molecule has 0 aliphatic rings. The fourth-order valence-electron chi connectivity index (χ4n) is 5.76. The zero-order valence-corrected chi connectivity index (χ0v) is 43.6. The molecule has 0 radical (unpaired) electrons. The van der Waals surface area contributed by atoms with Gasteiger partial charge >= 0.3 is 24.7 Å². The molecule has 2 aromatic carbocycles. The topological polar surface area (TPSA) is 137 Å². The fraction of sp³-hybridized carbons (Fsp3) is 0.462. The van der Waals surface area contributed by atoms with Gasteiger partial charge in [-0.05, 0) is 84.7 Å². The first kappa shape index (κ1) is 69.0.